The smallest absolute Gasteiger partial charge is 0.304 e. The second kappa shape index (κ2) is 7.29. The van der Waals surface area contributed by atoms with E-state index in [1.165, 1.54) is 16.8 Å². The van der Waals surface area contributed by atoms with E-state index in [-0.39, 0.29) is 6.42 Å². The Morgan fingerprint density at radius 1 is 0.870 bits per heavy atom. The first-order valence-corrected chi connectivity index (χ1v) is 8.07. The highest BCUT2D eigenvalue weighted by atomic mass is 16.4. The van der Waals surface area contributed by atoms with Gasteiger partial charge in [0.2, 0.25) is 0 Å². The van der Waals surface area contributed by atoms with Gasteiger partial charge in [-0.05, 0) is 23.3 Å². The minimum Gasteiger partial charge on any atom is -0.481 e. The molecule has 0 radical (unpaired) electrons. The van der Waals surface area contributed by atoms with Crippen LogP contribution in [0.1, 0.15) is 6.42 Å². The van der Waals surface area contributed by atoms with Crippen LogP contribution in [0.3, 0.4) is 0 Å². The number of anilines is 1. The maximum Gasteiger partial charge on any atom is 0.304 e. The summed E-state index contributed by atoms with van der Waals surface area (Å²) >= 11 is 0. The molecule has 2 aromatic carbocycles. The van der Waals surface area contributed by atoms with Gasteiger partial charge in [0.1, 0.15) is 0 Å². The highest BCUT2D eigenvalue weighted by Gasteiger charge is 2.17. The lowest BCUT2D eigenvalue weighted by Gasteiger charge is -2.36. The van der Waals surface area contributed by atoms with Crippen LogP contribution < -0.4 is 4.90 Å². The molecule has 23 heavy (non-hydrogen) atoms. The monoisotopic (exact) mass is 310 g/mol. The fraction of sp³-hybridized carbons (Fsp3) is 0.316. The van der Waals surface area contributed by atoms with Gasteiger partial charge in [-0.25, -0.2) is 0 Å². The fourth-order valence-electron chi connectivity index (χ4n) is 2.98. The molecule has 3 rings (SSSR count). The van der Waals surface area contributed by atoms with Crippen molar-refractivity contribution < 1.29 is 9.90 Å². The molecule has 0 bridgehead atoms. The minimum atomic E-state index is -0.719. The lowest BCUT2D eigenvalue weighted by atomic mass is 10.1. The average molecular weight is 310 g/mol. The molecule has 1 fully saturated rings. The largest absolute Gasteiger partial charge is 0.481 e. The molecule has 4 heteroatoms. The molecule has 0 saturated carbocycles. The number of carboxylic acids is 1. The molecule has 1 aliphatic heterocycles. The summed E-state index contributed by atoms with van der Waals surface area (Å²) in [7, 11) is 0. The van der Waals surface area contributed by atoms with Crippen molar-refractivity contribution in [3.63, 3.8) is 0 Å². The first-order chi connectivity index (χ1) is 11.2. The van der Waals surface area contributed by atoms with Crippen molar-refractivity contribution in [2.45, 2.75) is 6.42 Å². The zero-order valence-electron chi connectivity index (χ0n) is 13.2. The van der Waals surface area contributed by atoms with E-state index >= 15 is 0 Å². The Bertz CT molecular complexity index is 632. The second-order valence-electron chi connectivity index (χ2n) is 5.89. The number of rotatable bonds is 5. The van der Waals surface area contributed by atoms with Crippen LogP contribution in [-0.2, 0) is 4.79 Å². The Hall–Kier alpha value is -2.33. The third-order valence-electron chi connectivity index (χ3n) is 4.35. The zero-order chi connectivity index (χ0) is 16.1. The minimum absolute atomic E-state index is 0.228. The van der Waals surface area contributed by atoms with E-state index < -0.39 is 5.97 Å². The third kappa shape index (κ3) is 4.11. The second-order valence-corrected chi connectivity index (χ2v) is 5.89. The average Bonchev–Trinajstić information content (AvgIpc) is 2.61. The van der Waals surface area contributed by atoms with Crippen LogP contribution in [0.2, 0.25) is 0 Å². The van der Waals surface area contributed by atoms with Crippen LogP contribution in [-0.4, -0.2) is 48.7 Å². The standard InChI is InChI=1S/C19H22N2O2/c22-19(23)10-11-20-12-14-21(15-13-20)18-8-6-17(7-9-18)16-4-2-1-3-5-16/h1-9H,10-15H2,(H,22,23). The Labute approximate surface area is 137 Å². The Morgan fingerprint density at radius 3 is 2.09 bits per heavy atom. The van der Waals surface area contributed by atoms with Crippen LogP contribution >= 0.6 is 0 Å². The molecular weight excluding hydrogens is 288 g/mol. The number of hydrogen-bond donors (Lipinski definition) is 1. The van der Waals surface area contributed by atoms with Gasteiger partial charge < -0.3 is 10.0 Å². The molecule has 120 valence electrons. The number of piperazine rings is 1. The van der Waals surface area contributed by atoms with Crippen molar-refractivity contribution in [1.82, 2.24) is 4.90 Å². The first kappa shape index (κ1) is 15.6. The lowest BCUT2D eigenvalue weighted by Crippen LogP contribution is -2.46. The third-order valence-corrected chi connectivity index (χ3v) is 4.35. The molecule has 0 aliphatic carbocycles. The van der Waals surface area contributed by atoms with Gasteiger partial charge in [0.25, 0.3) is 0 Å². The van der Waals surface area contributed by atoms with E-state index in [9.17, 15) is 4.79 Å². The van der Waals surface area contributed by atoms with Crippen molar-refractivity contribution >= 4 is 11.7 Å². The number of carbonyl (C=O) groups is 1. The van der Waals surface area contributed by atoms with Crippen molar-refractivity contribution in [1.29, 1.82) is 0 Å². The van der Waals surface area contributed by atoms with Gasteiger partial charge in [0.15, 0.2) is 0 Å². The summed E-state index contributed by atoms with van der Waals surface area (Å²) in [4.78, 5) is 15.2. The molecule has 4 nitrogen and oxygen atoms in total. The van der Waals surface area contributed by atoms with Gasteiger partial charge in [-0.1, -0.05) is 42.5 Å². The first-order valence-electron chi connectivity index (χ1n) is 8.07. The number of hydrogen-bond acceptors (Lipinski definition) is 3. The summed E-state index contributed by atoms with van der Waals surface area (Å²) < 4.78 is 0. The van der Waals surface area contributed by atoms with E-state index in [1.54, 1.807) is 0 Å². The van der Waals surface area contributed by atoms with Crippen LogP contribution in [0.25, 0.3) is 11.1 Å². The normalized spacial score (nSPS) is 15.6. The van der Waals surface area contributed by atoms with E-state index in [4.69, 9.17) is 5.11 Å². The molecule has 0 atom stereocenters. The summed E-state index contributed by atoms with van der Waals surface area (Å²) in [6, 6.07) is 19.1. The van der Waals surface area contributed by atoms with Gasteiger partial charge in [0.05, 0.1) is 6.42 Å². The van der Waals surface area contributed by atoms with Crippen LogP contribution in [0.5, 0.6) is 0 Å². The lowest BCUT2D eigenvalue weighted by molar-refractivity contribution is -0.137. The summed E-state index contributed by atoms with van der Waals surface area (Å²) in [5, 5.41) is 8.76. The molecule has 1 aliphatic rings. The molecule has 1 heterocycles. The maximum atomic E-state index is 10.6. The van der Waals surface area contributed by atoms with E-state index in [1.807, 2.05) is 6.07 Å². The predicted molar refractivity (Wildman–Crippen MR) is 92.8 cm³/mol. The highest BCUT2D eigenvalue weighted by Crippen LogP contribution is 2.23. The molecule has 2 aromatic rings. The number of carboxylic acid groups (broad SMARTS) is 1. The summed E-state index contributed by atoms with van der Waals surface area (Å²) in [5.41, 5.74) is 3.70. The number of nitrogens with zero attached hydrogens (tertiary/aromatic N) is 2. The van der Waals surface area contributed by atoms with Crippen molar-refractivity contribution in [2.24, 2.45) is 0 Å². The SMILES string of the molecule is O=C(O)CCN1CCN(c2ccc(-c3ccccc3)cc2)CC1. The van der Waals surface area contributed by atoms with Gasteiger partial charge >= 0.3 is 5.97 Å². The van der Waals surface area contributed by atoms with Gasteiger partial charge in [0, 0.05) is 38.4 Å². The van der Waals surface area contributed by atoms with Crippen molar-refractivity contribution in [2.75, 3.05) is 37.6 Å². The van der Waals surface area contributed by atoms with Gasteiger partial charge in [-0.15, -0.1) is 0 Å². The number of benzene rings is 2. The summed E-state index contributed by atoms with van der Waals surface area (Å²) in [6.07, 6.45) is 0.228. The van der Waals surface area contributed by atoms with Crippen molar-refractivity contribution in [3.05, 3.63) is 54.6 Å². The summed E-state index contributed by atoms with van der Waals surface area (Å²) in [5.74, 6) is -0.719. The Kier molecular flexibility index (Phi) is 4.93. The topological polar surface area (TPSA) is 43.8 Å². The van der Waals surface area contributed by atoms with Crippen LogP contribution in [0, 0.1) is 0 Å². The molecular formula is C19H22N2O2. The molecule has 0 aromatic heterocycles. The van der Waals surface area contributed by atoms with Gasteiger partial charge in [-0.2, -0.15) is 0 Å². The highest BCUT2D eigenvalue weighted by molar-refractivity contribution is 5.67. The van der Waals surface area contributed by atoms with Crippen molar-refractivity contribution in [3.8, 4) is 11.1 Å². The summed E-state index contributed by atoms with van der Waals surface area (Å²) in [6.45, 7) is 4.39. The molecule has 0 spiro atoms. The maximum absolute atomic E-state index is 10.6. The zero-order valence-corrected chi connectivity index (χ0v) is 13.2. The molecule has 0 amide bonds. The Morgan fingerprint density at radius 2 is 1.48 bits per heavy atom. The number of aliphatic carboxylic acids is 1. The van der Waals surface area contributed by atoms with E-state index in [0.717, 1.165) is 26.2 Å². The predicted octanol–water partition coefficient (Wildman–Crippen LogP) is 2.95. The van der Waals surface area contributed by atoms with Gasteiger partial charge in [-0.3, -0.25) is 9.69 Å². The molecule has 1 N–H and O–H groups in total. The van der Waals surface area contributed by atoms with E-state index in [2.05, 4.69) is 58.3 Å². The van der Waals surface area contributed by atoms with Crippen LogP contribution in [0.4, 0.5) is 5.69 Å². The Balaban J connectivity index is 1.58. The molecule has 1 saturated heterocycles. The molecule has 0 unspecified atom stereocenters. The quantitative estimate of drug-likeness (QED) is 0.922. The van der Waals surface area contributed by atoms with E-state index in [0.29, 0.717) is 6.54 Å². The van der Waals surface area contributed by atoms with Crippen LogP contribution in [0.15, 0.2) is 54.6 Å². The fourth-order valence-corrected chi connectivity index (χ4v) is 2.98.